The van der Waals surface area contributed by atoms with Gasteiger partial charge in [0.1, 0.15) is 10.8 Å². The smallest absolute Gasteiger partial charge is 0.357 e. The maximum absolute atomic E-state index is 12.0. The number of phenols is 1. The van der Waals surface area contributed by atoms with E-state index >= 15 is 0 Å². The van der Waals surface area contributed by atoms with Crippen LogP contribution in [0.15, 0.2) is 66.6 Å². The van der Waals surface area contributed by atoms with Gasteiger partial charge in [-0.3, -0.25) is 9.80 Å². The molecule has 0 aliphatic carbocycles. The molecule has 4 rings (SSSR count). The van der Waals surface area contributed by atoms with Crippen molar-refractivity contribution >= 4 is 17.3 Å². The summed E-state index contributed by atoms with van der Waals surface area (Å²) in [6.45, 7) is 13.3. The van der Waals surface area contributed by atoms with Crippen LogP contribution in [0.25, 0.3) is 10.6 Å². The summed E-state index contributed by atoms with van der Waals surface area (Å²) in [5.41, 5.74) is 3.51. The van der Waals surface area contributed by atoms with Crippen LogP contribution in [0.1, 0.15) is 48.4 Å². The van der Waals surface area contributed by atoms with E-state index in [1.807, 2.05) is 18.2 Å². The van der Waals surface area contributed by atoms with E-state index in [4.69, 9.17) is 4.74 Å². The van der Waals surface area contributed by atoms with Gasteiger partial charge in [-0.2, -0.15) is 0 Å². The highest BCUT2D eigenvalue weighted by molar-refractivity contribution is 7.13. The molecule has 0 saturated carbocycles. The van der Waals surface area contributed by atoms with E-state index in [2.05, 4.69) is 65.5 Å². The Bertz CT molecular complexity index is 1160. The molecular formula is C28H33N3O3S. The standard InChI is InChI=1S/C28H33N3O3S/c1-5-14-30-16-20(4)31(17-19(30)3)26(23-8-7-9-24(32)15-23)21-10-12-22(13-11-21)27-29-25(18-35-27)28(33)34-6-2/h5,7-13,15,18-20,26,32H,1,6,14,16-17H2,2-4H3. The van der Waals surface area contributed by atoms with E-state index in [0.29, 0.717) is 24.4 Å². The predicted molar refractivity (Wildman–Crippen MR) is 141 cm³/mol. The molecule has 0 amide bonds. The predicted octanol–water partition coefficient (Wildman–Crippen LogP) is 5.36. The topological polar surface area (TPSA) is 65.9 Å². The van der Waals surface area contributed by atoms with Crippen molar-refractivity contribution in [2.24, 2.45) is 0 Å². The number of carbonyl (C=O) groups excluding carboxylic acids is 1. The number of rotatable bonds is 8. The molecule has 3 unspecified atom stereocenters. The maximum atomic E-state index is 12.0. The molecule has 0 radical (unpaired) electrons. The molecule has 1 fully saturated rings. The monoisotopic (exact) mass is 491 g/mol. The number of hydrogen-bond acceptors (Lipinski definition) is 7. The second-order valence-electron chi connectivity index (χ2n) is 9.02. The van der Waals surface area contributed by atoms with Crippen LogP contribution in [-0.4, -0.2) is 64.2 Å². The first-order chi connectivity index (χ1) is 16.9. The summed E-state index contributed by atoms with van der Waals surface area (Å²) >= 11 is 1.43. The number of piperazine rings is 1. The maximum Gasteiger partial charge on any atom is 0.357 e. The molecule has 2 aromatic carbocycles. The first-order valence-electron chi connectivity index (χ1n) is 12.0. The van der Waals surface area contributed by atoms with Crippen molar-refractivity contribution in [1.29, 1.82) is 0 Å². The van der Waals surface area contributed by atoms with Crippen LogP contribution in [0.3, 0.4) is 0 Å². The summed E-state index contributed by atoms with van der Waals surface area (Å²) < 4.78 is 5.07. The Balaban J connectivity index is 1.65. The average Bonchev–Trinajstić information content (AvgIpc) is 3.34. The molecule has 3 atom stereocenters. The molecule has 1 N–H and O–H groups in total. The minimum atomic E-state index is -0.394. The van der Waals surface area contributed by atoms with Gasteiger partial charge in [0.05, 0.1) is 12.6 Å². The fourth-order valence-corrected chi connectivity index (χ4v) is 5.58. The highest BCUT2D eigenvalue weighted by atomic mass is 32.1. The zero-order chi connectivity index (χ0) is 24.9. The summed E-state index contributed by atoms with van der Waals surface area (Å²) in [4.78, 5) is 21.5. The van der Waals surface area contributed by atoms with Gasteiger partial charge in [0, 0.05) is 42.7 Å². The highest BCUT2D eigenvalue weighted by Crippen LogP contribution is 2.35. The van der Waals surface area contributed by atoms with Gasteiger partial charge in [0.25, 0.3) is 0 Å². The number of hydrogen-bond donors (Lipinski definition) is 1. The quantitative estimate of drug-likeness (QED) is 0.338. The zero-order valence-electron chi connectivity index (χ0n) is 20.6. The molecule has 1 aromatic heterocycles. The third-order valence-corrected chi connectivity index (χ3v) is 7.40. The molecule has 3 aromatic rings. The van der Waals surface area contributed by atoms with Crippen LogP contribution in [0.4, 0.5) is 0 Å². The summed E-state index contributed by atoms with van der Waals surface area (Å²) in [5, 5.41) is 12.8. The number of thiazole rings is 1. The number of phenolic OH excluding ortho intramolecular Hbond substituents is 1. The van der Waals surface area contributed by atoms with Crippen LogP contribution in [0, 0.1) is 0 Å². The Kier molecular flexibility index (Phi) is 8.00. The van der Waals surface area contributed by atoms with Crippen molar-refractivity contribution in [1.82, 2.24) is 14.8 Å². The third-order valence-electron chi connectivity index (χ3n) is 6.51. The van der Waals surface area contributed by atoms with Crippen LogP contribution < -0.4 is 0 Å². The van der Waals surface area contributed by atoms with Crippen molar-refractivity contribution in [2.75, 3.05) is 26.2 Å². The van der Waals surface area contributed by atoms with E-state index in [1.54, 1.807) is 18.4 Å². The normalized spacial score (nSPS) is 19.9. The number of esters is 1. The number of aromatic nitrogens is 1. The lowest BCUT2D eigenvalue weighted by Gasteiger charge is -2.47. The molecule has 2 heterocycles. The molecular weight excluding hydrogens is 458 g/mol. The molecule has 35 heavy (non-hydrogen) atoms. The number of nitrogens with zero attached hydrogens (tertiary/aromatic N) is 3. The zero-order valence-corrected chi connectivity index (χ0v) is 21.4. The Morgan fingerprint density at radius 3 is 2.66 bits per heavy atom. The lowest BCUT2D eigenvalue weighted by atomic mass is 9.93. The lowest BCUT2D eigenvalue weighted by molar-refractivity contribution is 0.0306. The molecule has 0 bridgehead atoms. The van der Waals surface area contributed by atoms with Crippen LogP contribution >= 0.6 is 11.3 Å². The number of benzene rings is 2. The van der Waals surface area contributed by atoms with Crippen molar-refractivity contribution in [3.8, 4) is 16.3 Å². The molecule has 1 aliphatic heterocycles. The van der Waals surface area contributed by atoms with E-state index in [9.17, 15) is 9.90 Å². The Hall–Kier alpha value is -3.00. The Morgan fingerprint density at radius 1 is 1.20 bits per heavy atom. The lowest BCUT2D eigenvalue weighted by Crippen LogP contribution is -2.57. The van der Waals surface area contributed by atoms with E-state index in [1.165, 1.54) is 11.3 Å². The van der Waals surface area contributed by atoms with Gasteiger partial charge < -0.3 is 9.84 Å². The van der Waals surface area contributed by atoms with Crippen LogP contribution in [0.2, 0.25) is 0 Å². The summed E-state index contributed by atoms with van der Waals surface area (Å²) in [5.74, 6) is -0.126. The van der Waals surface area contributed by atoms with E-state index in [0.717, 1.165) is 41.3 Å². The molecule has 7 heteroatoms. The number of aromatic hydroxyl groups is 1. The van der Waals surface area contributed by atoms with Gasteiger partial charge in [0.15, 0.2) is 5.69 Å². The average molecular weight is 492 g/mol. The number of carbonyl (C=O) groups is 1. The Labute approximate surface area is 211 Å². The molecule has 184 valence electrons. The second kappa shape index (κ2) is 11.2. The van der Waals surface area contributed by atoms with Gasteiger partial charge >= 0.3 is 5.97 Å². The van der Waals surface area contributed by atoms with E-state index < -0.39 is 5.97 Å². The van der Waals surface area contributed by atoms with Crippen molar-refractivity contribution < 1.29 is 14.6 Å². The highest BCUT2D eigenvalue weighted by Gasteiger charge is 2.34. The summed E-state index contributed by atoms with van der Waals surface area (Å²) in [7, 11) is 0. The third kappa shape index (κ3) is 5.64. The van der Waals surface area contributed by atoms with Gasteiger partial charge in [-0.15, -0.1) is 17.9 Å². The van der Waals surface area contributed by atoms with Crippen LogP contribution in [-0.2, 0) is 4.74 Å². The van der Waals surface area contributed by atoms with Gasteiger partial charge in [-0.25, -0.2) is 9.78 Å². The summed E-state index contributed by atoms with van der Waals surface area (Å²) in [6, 6.07) is 16.6. The van der Waals surface area contributed by atoms with Crippen LogP contribution in [0.5, 0.6) is 5.75 Å². The van der Waals surface area contributed by atoms with Gasteiger partial charge in [0.2, 0.25) is 0 Å². The molecule has 1 aliphatic rings. The molecule has 1 saturated heterocycles. The fraction of sp³-hybridized carbons (Fsp3) is 0.357. The SMILES string of the molecule is C=CCN1CC(C)N(C(c2ccc(-c3nc(C(=O)OCC)cs3)cc2)c2cccc(O)c2)CC1C. The number of ether oxygens (including phenoxy) is 1. The van der Waals surface area contributed by atoms with Crippen molar-refractivity contribution in [3.05, 3.63) is 83.4 Å². The summed E-state index contributed by atoms with van der Waals surface area (Å²) in [6.07, 6.45) is 1.97. The first-order valence-corrected chi connectivity index (χ1v) is 12.9. The second-order valence-corrected chi connectivity index (χ2v) is 9.87. The van der Waals surface area contributed by atoms with Gasteiger partial charge in [-0.05, 0) is 44.0 Å². The van der Waals surface area contributed by atoms with E-state index in [-0.39, 0.29) is 11.8 Å². The van der Waals surface area contributed by atoms with Gasteiger partial charge in [-0.1, -0.05) is 42.5 Å². The minimum Gasteiger partial charge on any atom is -0.508 e. The molecule has 6 nitrogen and oxygen atoms in total. The minimum absolute atomic E-state index is 0.00543. The molecule has 0 spiro atoms. The fourth-order valence-electron chi connectivity index (χ4n) is 4.79. The van der Waals surface area contributed by atoms with Crippen molar-refractivity contribution in [2.45, 2.75) is 38.9 Å². The Morgan fingerprint density at radius 2 is 1.97 bits per heavy atom. The largest absolute Gasteiger partial charge is 0.508 e. The first kappa shape index (κ1) is 25.1. The van der Waals surface area contributed by atoms with Crippen molar-refractivity contribution in [3.63, 3.8) is 0 Å².